The minimum atomic E-state index is -0.0449. The van der Waals surface area contributed by atoms with Gasteiger partial charge < -0.3 is 15.1 Å². The van der Waals surface area contributed by atoms with Gasteiger partial charge >= 0.3 is 0 Å². The zero-order valence-electron chi connectivity index (χ0n) is 19.3. The minimum Gasteiger partial charge on any atom is -0.355 e. The van der Waals surface area contributed by atoms with Gasteiger partial charge in [0.1, 0.15) is 0 Å². The summed E-state index contributed by atoms with van der Waals surface area (Å²) in [5.74, 6) is 0.701. The van der Waals surface area contributed by atoms with Crippen LogP contribution in [-0.2, 0) is 4.79 Å². The minimum absolute atomic E-state index is 0.0150. The molecule has 0 aliphatic carbocycles. The van der Waals surface area contributed by atoms with Crippen molar-refractivity contribution in [2.75, 3.05) is 40.3 Å². The van der Waals surface area contributed by atoms with E-state index in [4.69, 9.17) is 0 Å². The maximum absolute atomic E-state index is 13.0. The van der Waals surface area contributed by atoms with Crippen LogP contribution in [0.5, 0.6) is 0 Å². The molecule has 31 heavy (non-hydrogen) atoms. The predicted molar refractivity (Wildman–Crippen MR) is 120 cm³/mol. The van der Waals surface area contributed by atoms with Crippen LogP contribution in [0.1, 0.15) is 42.7 Å². The van der Waals surface area contributed by atoms with Crippen molar-refractivity contribution in [1.29, 1.82) is 0 Å². The zero-order valence-corrected chi connectivity index (χ0v) is 19.3. The zero-order chi connectivity index (χ0) is 22.6. The number of piperidine rings is 1. The Hall–Kier alpha value is -2.74. The van der Waals surface area contributed by atoms with Crippen molar-refractivity contribution in [2.45, 2.75) is 33.6 Å². The Morgan fingerprint density at radius 3 is 2.55 bits per heavy atom. The molecule has 168 valence electrons. The molecular weight excluding hydrogens is 392 g/mol. The molecule has 0 bridgehead atoms. The maximum atomic E-state index is 13.0. The normalized spacial score (nSPS) is 15.4. The maximum Gasteiger partial charge on any atom is 0.257 e. The predicted octanol–water partition coefficient (Wildman–Crippen LogP) is 2.13. The third-order valence-electron chi connectivity index (χ3n) is 5.74. The molecule has 1 saturated heterocycles. The van der Waals surface area contributed by atoms with Crippen LogP contribution in [0.4, 0.5) is 0 Å². The van der Waals surface area contributed by atoms with E-state index in [-0.39, 0.29) is 23.1 Å². The first kappa shape index (κ1) is 22.9. The van der Waals surface area contributed by atoms with E-state index in [2.05, 4.69) is 34.1 Å². The number of hydrogen-bond donors (Lipinski definition) is 1. The van der Waals surface area contributed by atoms with E-state index < -0.39 is 0 Å². The van der Waals surface area contributed by atoms with Crippen LogP contribution >= 0.6 is 0 Å². The number of hydrogen-bond acceptors (Lipinski definition) is 5. The number of carbonyl (C=O) groups is 2. The van der Waals surface area contributed by atoms with Gasteiger partial charge in [-0.15, -0.1) is 0 Å². The standard InChI is InChI=1S/C23H34N6O2/c1-17-19(14-26-29(17)20-8-6-7-11-24-20)22(31)28-12-9-18(10-13-28)21(30)25-15-23(2,3)16-27(4)5/h6-8,11,14,18H,9-10,12-13,15-16H2,1-5H3,(H,25,30). The average molecular weight is 427 g/mol. The Kier molecular flexibility index (Phi) is 7.10. The van der Waals surface area contributed by atoms with Gasteiger partial charge in [-0.25, -0.2) is 9.67 Å². The van der Waals surface area contributed by atoms with Crippen molar-refractivity contribution in [1.82, 2.24) is 29.9 Å². The average Bonchev–Trinajstić information content (AvgIpc) is 3.12. The van der Waals surface area contributed by atoms with Gasteiger partial charge in [0.15, 0.2) is 5.82 Å². The summed E-state index contributed by atoms with van der Waals surface area (Å²) in [5.41, 5.74) is 1.37. The number of nitrogens with zero attached hydrogens (tertiary/aromatic N) is 5. The molecule has 1 N–H and O–H groups in total. The number of aromatic nitrogens is 3. The highest BCUT2D eigenvalue weighted by atomic mass is 16.2. The molecule has 3 rings (SSSR count). The van der Waals surface area contributed by atoms with E-state index in [0.29, 0.717) is 43.9 Å². The first-order valence-electron chi connectivity index (χ1n) is 10.9. The molecule has 3 heterocycles. The highest BCUT2D eigenvalue weighted by Crippen LogP contribution is 2.22. The lowest BCUT2D eigenvalue weighted by atomic mass is 9.91. The van der Waals surface area contributed by atoms with Crippen LogP contribution in [0.3, 0.4) is 0 Å². The molecule has 1 aliphatic heterocycles. The van der Waals surface area contributed by atoms with Crippen LogP contribution in [0.25, 0.3) is 5.82 Å². The van der Waals surface area contributed by atoms with Crippen LogP contribution in [-0.4, -0.2) is 76.7 Å². The summed E-state index contributed by atoms with van der Waals surface area (Å²) in [4.78, 5) is 34.0. The van der Waals surface area contributed by atoms with E-state index in [1.165, 1.54) is 0 Å². The fourth-order valence-electron chi connectivity index (χ4n) is 4.23. The lowest BCUT2D eigenvalue weighted by Gasteiger charge is -2.33. The Labute approximate surface area is 184 Å². The fourth-order valence-corrected chi connectivity index (χ4v) is 4.23. The Morgan fingerprint density at radius 1 is 1.23 bits per heavy atom. The third-order valence-corrected chi connectivity index (χ3v) is 5.74. The number of likely N-dealkylation sites (tertiary alicyclic amines) is 1. The monoisotopic (exact) mass is 426 g/mol. The molecule has 2 amide bonds. The van der Waals surface area contributed by atoms with Gasteiger partial charge in [0.05, 0.1) is 17.5 Å². The second kappa shape index (κ2) is 9.60. The molecule has 1 fully saturated rings. The lowest BCUT2D eigenvalue weighted by Crippen LogP contribution is -2.46. The second-order valence-electron chi connectivity index (χ2n) is 9.43. The largest absolute Gasteiger partial charge is 0.355 e. The quantitative estimate of drug-likeness (QED) is 0.733. The summed E-state index contributed by atoms with van der Waals surface area (Å²) >= 11 is 0. The number of rotatable bonds is 7. The summed E-state index contributed by atoms with van der Waals surface area (Å²) < 4.78 is 1.68. The SMILES string of the molecule is Cc1c(C(=O)N2CCC(C(=O)NCC(C)(C)CN(C)C)CC2)cnn1-c1ccccn1. The van der Waals surface area contributed by atoms with E-state index in [0.717, 1.165) is 12.2 Å². The van der Waals surface area contributed by atoms with Crippen LogP contribution < -0.4 is 5.32 Å². The van der Waals surface area contributed by atoms with E-state index in [1.807, 2.05) is 44.1 Å². The van der Waals surface area contributed by atoms with E-state index >= 15 is 0 Å². The topological polar surface area (TPSA) is 83.4 Å². The molecule has 2 aromatic rings. The van der Waals surface area contributed by atoms with Gasteiger partial charge in [-0.05, 0) is 51.4 Å². The molecule has 0 atom stereocenters. The highest BCUT2D eigenvalue weighted by molar-refractivity contribution is 5.95. The molecule has 8 nitrogen and oxygen atoms in total. The second-order valence-corrected chi connectivity index (χ2v) is 9.43. The molecule has 0 aromatic carbocycles. The van der Waals surface area contributed by atoms with Crippen molar-refractivity contribution in [3.05, 3.63) is 41.9 Å². The van der Waals surface area contributed by atoms with Crippen molar-refractivity contribution >= 4 is 11.8 Å². The van der Waals surface area contributed by atoms with Crippen molar-refractivity contribution < 1.29 is 9.59 Å². The van der Waals surface area contributed by atoms with E-state index in [9.17, 15) is 9.59 Å². The van der Waals surface area contributed by atoms with E-state index in [1.54, 1.807) is 17.1 Å². The summed E-state index contributed by atoms with van der Waals surface area (Å²) in [5, 5.41) is 7.47. The van der Waals surface area contributed by atoms with Crippen molar-refractivity contribution in [3.8, 4) is 5.82 Å². The van der Waals surface area contributed by atoms with Gasteiger partial charge in [-0.2, -0.15) is 5.10 Å². The Morgan fingerprint density at radius 2 is 1.94 bits per heavy atom. The van der Waals surface area contributed by atoms with Crippen LogP contribution in [0.15, 0.2) is 30.6 Å². The molecule has 0 radical (unpaired) electrons. The van der Waals surface area contributed by atoms with Gasteiger partial charge in [-0.3, -0.25) is 9.59 Å². The van der Waals surface area contributed by atoms with Gasteiger partial charge in [0.2, 0.25) is 5.91 Å². The van der Waals surface area contributed by atoms with Crippen molar-refractivity contribution in [3.63, 3.8) is 0 Å². The van der Waals surface area contributed by atoms with Gasteiger partial charge in [-0.1, -0.05) is 19.9 Å². The van der Waals surface area contributed by atoms with Gasteiger partial charge in [0, 0.05) is 38.3 Å². The molecule has 0 unspecified atom stereocenters. The van der Waals surface area contributed by atoms with Crippen LogP contribution in [0.2, 0.25) is 0 Å². The fraction of sp³-hybridized carbons (Fsp3) is 0.565. The lowest BCUT2D eigenvalue weighted by molar-refractivity contribution is -0.126. The van der Waals surface area contributed by atoms with Gasteiger partial charge in [0.25, 0.3) is 5.91 Å². The first-order valence-corrected chi connectivity index (χ1v) is 10.9. The molecule has 0 saturated carbocycles. The molecule has 1 aliphatic rings. The first-order chi connectivity index (χ1) is 14.7. The number of nitrogens with one attached hydrogen (secondary N) is 1. The highest BCUT2D eigenvalue weighted by Gasteiger charge is 2.30. The summed E-state index contributed by atoms with van der Waals surface area (Å²) in [7, 11) is 4.08. The number of carbonyl (C=O) groups excluding carboxylic acids is 2. The smallest absolute Gasteiger partial charge is 0.257 e. The molecular formula is C23H34N6O2. The molecule has 8 heteroatoms. The molecule has 2 aromatic heterocycles. The molecule has 0 spiro atoms. The Bertz CT molecular complexity index is 898. The van der Waals surface area contributed by atoms with Crippen LogP contribution in [0, 0.1) is 18.3 Å². The number of amides is 2. The van der Waals surface area contributed by atoms with Crippen molar-refractivity contribution in [2.24, 2.45) is 11.3 Å². The number of pyridine rings is 1. The summed E-state index contributed by atoms with van der Waals surface area (Å²) in [6.07, 6.45) is 4.67. The third kappa shape index (κ3) is 5.70. The Balaban J connectivity index is 1.55. The summed E-state index contributed by atoms with van der Waals surface area (Å²) in [6.45, 7) is 8.90. The summed E-state index contributed by atoms with van der Waals surface area (Å²) in [6, 6.07) is 5.60.